The van der Waals surface area contributed by atoms with Gasteiger partial charge < -0.3 is 15.1 Å². The second-order valence-corrected chi connectivity index (χ2v) is 8.17. The summed E-state index contributed by atoms with van der Waals surface area (Å²) < 4.78 is 24.7. The monoisotopic (exact) mass is 354 g/mol. The number of likely N-dealkylation sites (N-methyl/N-ethyl adjacent to an activating group) is 1. The summed E-state index contributed by atoms with van der Waals surface area (Å²) in [7, 11) is -1.30. The minimum atomic E-state index is -3.42. The minimum absolute atomic E-state index is 0.382. The van der Waals surface area contributed by atoms with Crippen molar-refractivity contribution in [1.29, 1.82) is 0 Å². The molecule has 1 fully saturated rings. The first-order valence-electron chi connectivity index (χ1n) is 7.98. The molecule has 2 N–H and O–H groups in total. The highest BCUT2D eigenvalue weighted by molar-refractivity contribution is 7.88. The highest BCUT2D eigenvalue weighted by Crippen LogP contribution is 2.24. The molecule has 2 rings (SSSR count). The molecule has 1 aliphatic heterocycles. The summed E-state index contributed by atoms with van der Waals surface area (Å²) in [4.78, 5) is 16.7. The van der Waals surface area contributed by atoms with Crippen molar-refractivity contribution in [3.63, 3.8) is 0 Å². The SMILES string of the molecule is Cc1cc(NC(=O)C(C)NS(C)(=O)=O)ccc1N1CCN(C)CC1. The number of sulfonamides is 1. The van der Waals surface area contributed by atoms with E-state index in [-0.39, 0.29) is 5.91 Å². The van der Waals surface area contributed by atoms with Gasteiger partial charge in [0.1, 0.15) is 0 Å². The Kier molecular flexibility index (Phi) is 5.84. The molecule has 1 unspecified atom stereocenters. The third-order valence-electron chi connectivity index (χ3n) is 4.09. The summed E-state index contributed by atoms with van der Waals surface area (Å²) in [5, 5.41) is 2.75. The van der Waals surface area contributed by atoms with Crippen molar-refractivity contribution < 1.29 is 13.2 Å². The first-order valence-corrected chi connectivity index (χ1v) is 9.87. The lowest BCUT2D eigenvalue weighted by Crippen LogP contribution is -2.44. The van der Waals surface area contributed by atoms with Crippen LogP contribution in [0.2, 0.25) is 0 Å². The van der Waals surface area contributed by atoms with Crippen LogP contribution in [0.3, 0.4) is 0 Å². The van der Waals surface area contributed by atoms with E-state index in [2.05, 4.69) is 26.9 Å². The average Bonchev–Trinajstić information content (AvgIpc) is 2.47. The van der Waals surface area contributed by atoms with Crippen LogP contribution in [0.5, 0.6) is 0 Å². The van der Waals surface area contributed by atoms with Crippen LogP contribution in [0.15, 0.2) is 18.2 Å². The van der Waals surface area contributed by atoms with Gasteiger partial charge in [-0.3, -0.25) is 4.79 Å². The van der Waals surface area contributed by atoms with Crippen LogP contribution in [0.1, 0.15) is 12.5 Å². The van der Waals surface area contributed by atoms with Gasteiger partial charge in [-0.25, -0.2) is 13.1 Å². The van der Waals surface area contributed by atoms with Gasteiger partial charge >= 0.3 is 0 Å². The van der Waals surface area contributed by atoms with Crippen molar-refractivity contribution in [3.8, 4) is 0 Å². The molecule has 0 saturated carbocycles. The number of anilines is 2. The normalized spacial score (nSPS) is 17.6. The Morgan fingerprint density at radius 1 is 1.21 bits per heavy atom. The number of rotatable bonds is 5. The van der Waals surface area contributed by atoms with Crippen molar-refractivity contribution in [2.45, 2.75) is 19.9 Å². The third-order valence-corrected chi connectivity index (χ3v) is 4.87. The first-order chi connectivity index (χ1) is 11.2. The number of benzene rings is 1. The van der Waals surface area contributed by atoms with E-state index in [1.54, 1.807) is 0 Å². The summed E-state index contributed by atoms with van der Waals surface area (Å²) in [5.74, 6) is -0.382. The number of nitrogens with zero attached hydrogens (tertiary/aromatic N) is 2. The number of piperazine rings is 1. The summed E-state index contributed by atoms with van der Waals surface area (Å²) in [6.07, 6.45) is 1.03. The zero-order chi connectivity index (χ0) is 17.9. The smallest absolute Gasteiger partial charge is 0.242 e. The summed E-state index contributed by atoms with van der Waals surface area (Å²) in [6, 6.07) is 4.95. The van der Waals surface area contributed by atoms with Crippen LogP contribution < -0.4 is 14.9 Å². The molecular formula is C16H26N4O3S. The molecule has 8 heteroatoms. The number of nitrogens with one attached hydrogen (secondary N) is 2. The zero-order valence-corrected chi connectivity index (χ0v) is 15.5. The quantitative estimate of drug-likeness (QED) is 0.810. The molecule has 0 spiro atoms. The van der Waals surface area contributed by atoms with E-state index in [1.165, 1.54) is 12.6 Å². The second-order valence-electron chi connectivity index (χ2n) is 6.39. The van der Waals surface area contributed by atoms with E-state index in [9.17, 15) is 13.2 Å². The fraction of sp³-hybridized carbons (Fsp3) is 0.562. The van der Waals surface area contributed by atoms with Crippen LogP contribution in [0.25, 0.3) is 0 Å². The first kappa shape index (κ1) is 18.7. The maximum Gasteiger partial charge on any atom is 0.242 e. The van der Waals surface area contributed by atoms with Crippen LogP contribution in [0.4, 0.5) is 11.4 Å². The number of amides is 1. The van der Waals surface area contributed by atoms with Crippen molar-refractivity contribution in [2.75, 3.05) is 49.7 Å². The van der Waals surface area contributed by atoms with Crippen molar-refractivity contribution in [3.05, 3.63) is 23.8 Å². The van der Waals surface area contributed by atoms with Gasteiger partial charge in [-0.1, -0.05) is 0 Å². The zero-order valence-electron chi connectivity index (χ0n) is 14.7. The van der Waals surface area contributed by atoms with E-state index in [1.807, 2.05) is 25.1 Å². The van der Waals surface area contributed by atoms with Gasteiger partial charge in [0.2, 0.25) is 15.9 Å². The second kappa shape index (κ2) is 7.50. The van der Waals surface area contributed by atoms with E-state index in [0.29, 0.717) is 5.69 Å². The molecule has 24 heavy (non-hydrogen) atoms. The van der Waals surface area contributed by atoms with Gasteiger partial charge in [-0.15, -0.1) is 0 Å². The summed E-state index contributed by atoms with van der Waals surface area (Å²) in [5.41, 5.74) is 2.92. The minimum Gasteiger partial charge on any atom is -0.369 e. The molecule has 7 nitrogen and oxygen atoms in total. The molecule has 1 aromatic carbocycles. The van der Waals surface area contributed by atoms with Crippen molar-refractivity contribution in [2.24, 2.45) is 0 Å². The summed E-state index contributed by atoms with van der Waals surface area (Å²) in [6.45, 7) is 7.57. The fourth-order valence-electron chi connectivity index (χ4n) is 2.76. The molecule has 134 valence electrons. The van der Waals surface area contributed by atoms with Crippen molar-refractivity contribution >= 4 is 27.3 Å². The number of aryl methyl sites for hydroxylation is 1. The average molecular weight is 354 g/mol. The Labute approximate surface area is 144 Å². The van der Waals surface area contributed by atoms with Crippen LogP contribution in [0, 0.1) is 6.92 Å². The lowest BCUT2D eigenvalue weighted by molar-refractivity contribution is -0.117. The Balaban J connectivity index is 2.03. The number of hydrogen-bond donors (Lipinski definition) is 2. The molecule has 0 bridgehead atoms. The largest absolute Gasteiger partial charge is 0.369 e. The molecule has 1 aromatic rings. The van der Waals surface area contributed by atoms with E-state index in [4.69, 9.17) is 0 Å². The molecular weight excluding hydrogens is 328 g/mol. The molecule has 1 amide bonds. The summed E-state index contributed by atoms with van der Waals surface area (Å²) >= 11 is 0. The third kappa shape index (κ3) is 5.19. The topological polar surface area (TPSA) is 81.8 Å². The Hall–Kier alpha value is -1.64. The Morgan fingerprint density at radius 3 is 2.38 bits per heavy atom. The molecule has 1 aliphatic rings. The maximum atomic E-state index is 12.1. The number of carbonyl (C=O) groups excluding carboxylic acids is 1. The Morgan fingerprint density at radius 2 is 1.83 bits per heavy atom. The lowest BCUT2D eigenvalue weighted by Gasteiger charge is -2.35. The highest BCUT2D eigenvalue weighted by atomic mass is 32.2. The molecule has 0 aromatic heterocycles. The van der Waals surface area contributed by atoms with E-state index >= 15 is 0 Å². The van der Waals surface area contributed by atoms with Crippen LogP contribution in [-0.2, 0) is 14.8 Å². The van der Waals surface area contributed by atoms with Gasteiger partial charge in [0.25, 0.3) is 0 Å². The predicted molar refractivity (Wildman–Crippen MR) is 97.0 cm³/mol. The van der Waals surface area contributed by atoms with E-state index in [0.717, 1.165) is 38.0 Å². The Bertz CT molecular complexity index is 697. The predicted octanol–water partition coefficient (Wildman–Crippen LogP) is 0.623. The van der Waals surface area contributed by atoms with E-state index < -0.39 is 16.1 Å². The van der Waals surface area contributed by atoms with Crippen molar-refractivity contribution in [1.82, 2.24) is 9.62 Å². The van der Waals surface area contributed by atoms with Crippen LogP contribution in [-0.4, -0.2) is 64.7 Å². The van der Waals surface area contributed by atoms with Gasteiger partial charge in [-0.05, 0) is 44.7 Å². The van der Waals surface area contributed by atoms with Gasteiger partial charge in [-0.2, -0.15) is 0 Å². The number of hydrogen-bond acceptors (Lipinski definition) is 5. The standard InChI is InChI=1S/C16H26N4O3S/c1-12-11-14(17-16(21)13(2)18-24(4,22)23)5-6-15(12)20-9-7-19(3)8-10-20/h5-6,11,13,18H,7-10H2,1-4H3,(H,17,21). The molecule has 1 atom stereocenters. The highest BCUT2D eigenvalue weighted by Gasteiger charge is 2.19. The van der Waals surface area contributed by atoms with Gasteiger partial charge in [0.05, 0.1) is 12.3 Å². The van der Waals surface area contributed by atoms with Gasteiger partial charge in [0, 0.05) is 37.6 Å². The molecule has 0 radical (unpaired) electrons. The number of carbonyl (C=O) groups is 1. The fourth-order valence-corrected chi connectivity index (χ4v) is 3.51. The lowest BCUT2D eigenvalue weighted by atomic mass is 10.1. The maximum absolute atomic E-state index is 12.1. The van der Waals surface area contributed by atoms with Crippen LogP contribution >= 0.6 is 0 Å². The van der Waals surface area contributed by atoms with Gasteiger partial charge in [0.15, 0.2) is 0 Å². The molecule has 0 aliphatic carbocycles. The molecule has 1 saturated heterocycles. The molecule has 1 heterocycles.